The molecule has 1 N–H and O–H groups in total. The smallest absolute Gasteiger partial charge is 0.307 e. The maximum absolute atomic E-state index is 13.6. The predicted molar refractivity (Wildman–Crippen MR) is 62.6 cm³/mol. The fourth-order valence-corrected chi connectivity index (χ4v) is 1.75. The topological polar surface area (TPSA) is 96.0 Å². The first-order valence-corrected chi connectivity index (χ1v) is 5.78. The highest BCUT2D eigenvalue weighted by Gasteiger charge is 2.33. The largest absolute Gasteiger partial charge is 0.336 e. The van der Waals surface area contributed by atoms with Gasteiger partial charge in [0.1, 0.15) is 11.9 Å². The monoisotopic (exact) mass is 281 g/mol. The van der Waals surface area contributed by atoms with Crippen molar-refractivity contribution in [3.05, 3.63) is 39.4 Å². The van der Waals surface area contributed by atoms with Crippen LogP contribution in [0.15, 0.2) is 12.1 Å². The average molecular weight is 281 g/mol. The van der Waals surface area contributed by atoms with Gasteiger partial charge in [-0.3, -0.25) is 14.9 Å². The van der Waals surface area contributed by atoms with E-state index in [4.69, 9.17) is 5.26 Å². The molecule has 0 heterocycles. The first kappa shape index (κ1) is 13.9. The molecule has 2 rings (SSSR count). The lowest BCUT2D eigenvalue weighted by Gasteiger charge is -2.10. The lowest BCUT2D eigenvalue weighted by atomic mass is 10.1. The fraction of sp³-hybridized carbons (Fsp3) is 0.333. The molecule has 8 heteroatoms. The summed E-state index contributed by atoms with van der Waals surface area (Å²) in [6, 6.07) is 1.92. The lowest BCUT2D eigenvalue weighted by Crippen LogP contribution is -2.35. The molecule has 0 aliphatic heterocycles. The second-order valence-corrected chi connectivity index (χ2v) is 4.46. The number of halogens is 2. The number of nitrogens with one attached hydrogen (secondary N) is 1. The summed E-state index contributed by atoms with van der Waals surface area (Å²) in [6.45, 7) is 0. The zero-order chi connectivity index (χ0) is 14.9. The van der Waals surface area contributed by atoms with Crippen LogP contribution in [0.5, 0.6) is 0 Å². The van der Waals surface area contributed by atoms with Crippen LogP contribution in [0.2, 0.25) is 0 Å². The van der Waals surface area contributed by atoms with Crippen molar-refractivity contribution in [2.24, 2.45) is 5.92 Å². The number of nitriles is 1. The number of rotatable bonds is 4. The molecule has 1 amide bonds. The van der Waals surface area contributed by atoms with Crippen LogP contribution in [0.25, 0.3) is 0 Å². The van der Waals surface area contributed by atoms with Crippen LogP contribution in [0.4, 0.5) is 14.5 Å². The van der Waals surface area contributed by atoms with E-state index in [0.29, 0.717) is 12.1 Å². The molecule has 20 heavy (non-hydrogen) atoms. The molecule has 1 aliphatic rings. The van der Waals surface area contributed by atoms with Crippen molar-refractivity contribution in [3.8, 4) is 6.07 Å². The van der Waals surface area contributed by atoms with E-state index in [1.165, 1.54) is 0 Å². The molecule has 0 bridgehead atoms. The first-order valence-electron chi connectivity index (χ1n) is 5.78. The Morgan fingerprint density at radius 2 is 2.10 bits per heavy atom. The Balaban J connectivity index is 2.24. The van der Waals surface area contributed by atoms with E-state index >= 15 is 0 Å². The summed E-state index contributed by atoms with van der Waals surface area (Å²) in [5.41, 5.74) is -1.70. The molecule has 0 saturated heterocycles. The number of hydrogen-bond donors (Lipinski definition) is 1. The molecule has 0 aromatic heterocycles. The number of carbonyl (C=O) groups is 1. The molecule has 1 aromatic carbocycles. The van der Waals surface area contributed by atoms with Crippen molar-refractivity contribution in [3.63, 3.8) is 0 Å². The Labute approximate surface area is 112 Å². The highest BCUT2D eigenvalue weighted by molar-refractivity contribution is 5.95. The van der Waals surface area contributed by atoms with E-state index in [-0.39, 0.29) is 5.92 Å². The standard InChI is InChI=1S/C12H9F2N3O3/c13-8-4-11(17(19)20)9(14)3-7(8)12(18)16-10(5-15)6-1-2-6/h3-4,6,10H,1-2H2,(H,16,18). The number of nitro benzene ring substituents is 1. The molecule has 1 unspecified atom stereocenters. The van der Waals surface area contributed by atoms with E-state index in [2.05, 4.69) is 5.32 Å². The number of benzene rings is 1. The van der Waals surface area contributed by atoms with Crippen LogP contribution in [0, 0.1) is 39.0 Å². The highest BCUT2D eigenvalue weighted by atomic mass is 19.1. The van der Waals surface area contributed by atoms with E-state index in [1.54, 1.807) is 0 Å². The van der Waals surface area contributed by atoms with Crippen LogP contribution < -0.4 is 5.32 Å². The third-order valence-electron chi connectivity index (χ3n) is 3.00. The van der Waals surface area contributed by atoms with Crippen LogP contribution in [0.1, 0.15) is 23.2 Å². The van der Waals surface area contributed by atoms with Crippen LogP contribution in [-0.2, 0) is 0 Å². The minimum absolute atomic E-state index is 0.0231. The van der Waals surface area contributed by atoms with Gasteiger partial charge in [0, 0.05) is 0 Å². The van der Waals surface area contributed by atoms with Gasteiger partial charge in [-0.1, -0.05) is 0 Å². The molecule has 0 spiro atoms. The first-order chi connectivity index (χ1) is 9.43. The average Bonchev–Trinajstić information content (AvgIpc) is 3.21. The SMILES string of the molecule is N#CC(NC(=O)c1cc(F)c([N+](=O)[O-])cc1F)C1CC1. The van der Waals surface area contributed by atoms with E-state index < -0.39 is 39.8 Å². The Morgan fingerprint density at radius 1 is 1.45 bits per heavy atom. The van der Waals surface area contributed by atoms with Gasteiger partial charge in [0.05, 0.1) is 22.6 Å². The number of amides is 1. The molecular weight excluding hydrogens is 272 g/mol. The van der Waals surface area contributed by atoms with Gasteiger partial charge in [-0.05, 0) is 24.8 Å². The van der Waals surface area contributed by atoms with Gasteiger partial charge in [-0.2, -0.15) is 9.65 Å². The summed E-state index contributed by atoms with van der Waals surface area (Å²) in [5, 5.41) is 21.6. The van der Waals surface area contributed by atoms with Crippen LogP contribution in [-0.4, -0.2) is 16.9 Å². The van der Waals surface area contributed by atoms with Gasteiger partial charge in [-0.25, -0.2) is 4.39 Å². The number of nitro groups is 1. The molecule has 0 radical (unpaired) electrons. The van der Waals surface area contributed by atoms with E-state index in [0.717, 1.165) is 12.8 Å². The Hall–Kier alpha value is -2.56. The lowest BCUT2D eigenvalue weighted by molar-refractivity contribution is -0.387. The molecule has 1 aliphatic carbocycles. The molecule has 1 aromatic rings. The Morgan fingerprint density at radius 3 is 2.60 bits per heavy atom. The fourth-order valence-electron chi connectivity index (χ4n) is 1.75. The number of nitrogens with zero attached hydrogens (tertiary/aromatic N) is 2. The van der Waals surface area contributed by atoms with Gasteiger partial charge in [0.15, 0.2) is 0 Å². The maximum atomic E-state index is 13.6. The van der Waals surface area contributed by atoms with E-state index in [9.17, 15) is 23.7 Å². The molecule has 104 valence electrons. The molecular formula is C12H9F2N3O3. The minimum Gasteiger partial charge on any atom is -0.336 e. The Bertz CT molecular complexity index is 623. The van der Waals surface area contributed by atoms with Gasteiger partial charge in [0.2, 0.25) is 5.82 Å². The van der Waals surface area contributed by atoms with Crippen LogP contribution >= 0.6 is 0 Å². The van der Waals surface area contributed by atoms with E-state index in [1.807, 2.05) is 6.07 Å². The van der Waals surface area contributed by atoms with Gasteiger partial charge in [-0.15, -0.1) is 0 Å². The summed E-state index contributed by atoms with van der Waals surface area (Å²) in [5.74, 6) is -3.45. The van der Waals surface area contributed by atoms with Crippen molar-refractivity contribution in [1.29, 1.82) is 5.26 Å². The third-order valence-corrected chi connectivity index (χ3v) is 3.00. The molecule has 6 nitrogen and oxygen atoms in total. The summed E-state index contributed by atoms with van der Waals surface area (Å²) in [6.07, 6.45) is 1.57. The van der Waals surface area contributed by atoms with Gasteiger partial charge < -0.3 is 5.32 Å². The molecule has 1 atom stereocenters. The Kier molecular flexibility index (Phi) is 3.61. The second-order valence-electron chi connectivity index (χ2n) is 4.46. The normalized spacial score (nSPS) is 15.2. The summed E-state index contributed by atoms with van der Waals surface area (Å²) in [4.78, 5) is 21.1. The zero-order valence-electron chi connectivity index (χ0n) is 10.1. The van der Waals surface area contributed by atoms with Gasteiger partial charge in [0.25, 0.3) is 5.91 Å². The predicted octanol–water partition coefficient (Wildman–Crippen LogP) is 1.90. The summed E-state index contributed by atoms with van der Waals surface area (Å²) >= 11 is 0. The van der Waals surface area contributed by atoms with Gasteiger partial charge >= 0.3 is 5.69 Å². The summed E-state index contributed by atoms with van der Waals surface area (Å²) in [7, 11) is 0. The van der Waals surface area contributed by atoms with Crippen molar-refractivity contribution >= 4 is 11.6 Å². The van der Waals surface area contributed by atoms with Crippen molar-refractivity contribution in [2.75, 3.05) is 0 Å². The van der Waals surface area contributed by atoms with Crippen molar-refractivity contribution < 1.29 is 18.5 Å². The minimum atomic E-state index is -1.30. The highest BCUT2D eigenvalue weighted by Crippen LogP contribution is 2.32. The van der Waals surface area contributed by atoms with Crippen molar-refractivity contribution in [2.45, 2.75) is 18.9 Å². The maximum Gasteiger partial charge on any atom is 0.307 e. The van der Waals surface area contributed by atoms with Crippen molar-refractivity contribution in [1.82, 2.24) is 5.32 Å². The quantitative estimate of drug-likeness (QED) is 0.673. The zero-order valence-corrected chi connectivity index (χ0v) is 10.1. The molecule has 1 fully saturated rings. The van der Waals surface area contributed by atoms with Crippen LogP contribution in [0.3, 0.4) is 0 Å². The second kappa shape index (κ2) is 5.21. The summed E-state index contributed by atoms with van der Waals surface area (Å²) < 4.78 is 27.0. The number of hydrogen-bond acceptors (Lipinski definition) is 4. The number of carbonyl (C=O) groups excluding carboxylic acids is 1. The molecule has 1 saturated carbocycles. The third kappa shape index (κ3) is 2.71.